The van der Waals surface area contributed by atoms with Crippen LogP contribution in [-0.2, 0) is 15.3 Å². The molecule has 2 heterocycles. The minimum Gasteiger partial charge on any atom is -0.482 e. The topological polar surface area (TPSA) is 72.0 Å². The van der Waals surface area contributed by atoms with Crippen molar-refractivity contribution in [3.63, 3.8) is 0 Å². The van der Waals surface area contributed by atoms with Gasteiger partial charge in [-0.15, -0.1) is 0 Å². The number of H-pyrrole nitrogens is 1. The van der Waals surface area contributed by atoms with E-state index >= 15 is 0 Å². The number of aromatic amines is 1. The van der Waals surface area contributed by atoms with Crippen molar-refractivity contribution in [2.45, 2.75) is 23.3 Å². The van der Waals surface area contributed by atoms with E-state index in [0.29, 0.717) is 11.3 Å². The molecule has 0 saturated heterocycles. The molecule has 188 valence electrons. The third-order valence-corrected chi connectivity index (χ3v) is 8.65. The fraction of sp³-hybridized carbons (Fsp3) is 0.0938. The van der Waals surface area contributed by atoms with Crippen LogP contribution in [-0.4, -0.2) is 18.4 Å². The normalized spacial score (nSPS) is 14.7. The monoisotopic (exact) mass is 518 g/mol. The van der Waals surface area contributed by atoms with Crippen molar-refractivity contribution in [2.75, 3.05) is 0 Å². The summed E-state index contributed by atoms with van der Waals surface area (Å²) in [7, 11) is -3.50. The lowest BCUT2D eigenvalue weighted by molar-refractivity contribution is 0.143. The van der Waals surface area contributed by atoms with Gasteiger partial charge in [0.05, 0.1) is 16.6 Å². The van der Waals surface area contributed by atoms with Crippen LogP contribution < -0.4 is 4.74 Å². The predicted octanol–water partition coefficient (Wildman–Crippen LogP) is 6.63. The lowest BCUT2D eigenvalue weighted by Crippen LogP contribution is -2.40. The first-order chi connectivity index (χ1) is 18.5. The highest BCUT2D eigenvalue weighted by atomic mass is 32.2. The molecule has 1 aliphatic heterocycles. The first-order valence-electron chi connectivity index (χ1n) is 12.4. The van der Waals surface area contributed by atoms with Gasteiger partial charge in [0, 0.05) is 16.7 Å². The summed E-state index contributed by atoms with van der Waals surface area (Å²) in [5, 5.41) is 1.23. The maximum Gasteiger partial charge on any atom is 0.200 e. The van der Waals surface area contributed by atoms with Gasteiger partial charge in [-0.1, -0.05) is 97.1 Å². The fourth-order valence-corrected chi connectivity index (χ4v) is 6.64. The van der Waals surface area contributed by atoms with Gasteiger partial charge in [0.15, 0.2) is 6.10 Å². The van der Waals surface area contributed by atoms with Crippen LogP contribution in [0.4, 0.5) is 0 Å². The number of ether oxygens (including phenoxy) is 1. The average Bonchev–Trinajstić information content (AvgIpc) is 3.52. The average molecular weight is 519 g/mol. The first-order valence-corrected chi connectivity index (χ1v) is 14.0. The Morgan fingerprint density at radius 3 is 1.82 bits per heavy atom. The molecule has 5 nitrogen and oxygen atoms in total. The Morgan fingerprint density at radius 1 is 0.763 bits per heavy atom. The van der Waals surface area contributed by atoms with E-state index in [-0.39, 0.29) is 4.90 Å². The molecule has 38 heavy (non-hydrogen) atoms. The van der Waals surface area contributed by atoms with Gasteiger partial charge < -0.3 is 9.72 Å². The zero-order valence-corrected chi connectivity index (χ0v) is 21.6. The molecule has 6 rings (SSSR count). The summed E-state index contributed by atoms with van der Waals surface area (Å²) in [6, 6.07) is 36.0. The van der Waals surface area contributed by atoms with Gasteiger partial charge in [-0.2, -0.15) is 0 Å². The van der Waals surface area contributed by atoms with Gasteiger partial charge in [0.25, 0.3) is 0 Å². The Bertz CT molecular complexity index is 1610. The summed E-state index contributed by atoms with van der Waals surface area (Å²) in [6.07, 6.45) is 2.64. The third kappa shape index (κ3) is 3.85. The summed E-state index contributed by atoms with van der Waals surface area (Å²) in [6.45, 7) is 1.98. The number of hydrogen-bond donors (Lipinski definition) is 1. The molecule has 0 fully saturated rings. The van der Waals surface area contributed by atoms with Crippen LogP contribution in [0.2, 0.25) is 0 Å². The molecule has 1 unspecified atom stereocenters. The minimum atomic E-state index is -3.50. The quantitative estimate of drug-likeness (QED) is 0.246. The van der Waals surface area contributed by atoms with Crippen LogP contribution in [0.25, 0.3) is 6.08 Å². The Morgan fingerprint density at radius 2 is 1.32 bits per heavy atom. The van der Waals surface area contributed by atoms with Gasteiger partial charge in [0.2, 0.25) is 9.84 Å². The number of benzene rings is 4. The number of fused-ring (bicyclic) bond motifs is 1. The van der Waals surface area contributed by atoms with E-state index in [2.05, 4.69) is 41.4 Å². The summed E-state index contributed by atoms with van der Waals surface area (Å²) >= 11 is 0. The largest absolute Gasteiger partial charge is 0.482 e. The summed E-state index contributed by atoms with van der Waals surface area (Å²) in [5.41, 5.74) is 4.42. The number of aryl methyl sites for hydroxylation is 1. The number of imidazole rings is 1. The minimum absolute atomic E-state index is 0.247. The highest BCUT2D eigenvalue weighted by Gasteiger charge is 2.48. The zero-order valence-electron chi connectivity index (χ0n) is 20.8. The number of hydrogen-bond acceptors (Lipinski definition) is 4. The van der Waals surface area contributed by atoms with E-state index in [1.54, 1.807) is 24.5 Å². The van der Waals surface area contributed by atoms with Gasteiger partial charge in [-0.05, 0) is 41.8 Å². The first kappa shape index (κ1) is 23.9. The van der Waals surface area contributed by atoms with Crippen molar-refractivity contribution in [3.8, 4) is 5.75 Å². The van der Waals surface area contributed by atoms with Crippen LogP contribution in [0.1, 0.15) is 39.7 Å². The summed E-state index contributed by atoms with van der Waals surface area (Å²) in [4.78, 5) is 8.23. The van der Waals surface area contributed by atoms with E-state index in [1.165, 1.54) is 5.41 Å². The predicted molar refractivity (Wildman–Crippen MR) is 149 cm³/mol. The molecule has 0 aliphatic carbocycles. The smallest absolute Gasteiger partial charge is 0.200 e. The van der Waals surface area contributed by atoms with Crippen molar-refractivity contribution < 1.29 is 13.2 Å². The molecule has 0 radical (unpaired) electrons. The van der Waals surface area contributed by atoms with Crippen molar-refractivity contribution >= 4 is 15.9 Å². The van der Waals surface area contributed by atoms with Gasteiger partial charge in [0.1, 0.15) is 11.4 Å². The van der Waals surface area contributed by atoms with Crippen LogP contribution in [0.15, 0.2) is 126 Å². The molecule has 1 aliphatic rings. The Balaban J connectivity index is 1.69. The van der Waals surface area contributed by atoms with Crippen LogP contribution in [0, 0.1) is 6.92 Å². The molecule has 0 spiro atoms. The van der Waals surface area contributed by atoms with Crippen LogP contribution in [0.5, 0.6) is 5.75 Å². The fourth-order valence-electron chi connectivity index (χ4n) is 5.44. The highest BCUT2D eigenvalue weighted by molar-refractivity contribution is 7.94. The maximum absolute atomic E-state index is 12.7. The van der Waals surface area contributed by atoms with Crippen molar-refractivity contribution in [3.05, 3.63) is 155 Å². The second-order valence-electron chi connectivity index (χ2n) is 9.33. The maximum atomic E-state index is 12.7. The Kier molecular flexibility index (Phi) is 5.97. The zero-order chi connectivity index (χ0) is 26.2. The van der Waals surface area contributed by atoms with Crippen LogP contribution in [0.3, 0.4) is 0 Å². The lowest BCUT2D eigenvalue weighted by atomic mass is 9.64. The van der Waals surface area contributed by atoms with Gasteiger partial charge >= 0.3 is 0 Å². The standard InChI is InChI=1S/C32H26N2O3S/c1-23-30(34-22-33-23)31(37-28-18-11-19-29-27(28)20-21-38(29,35)36)32(24-12-5-2-6-13-24,25-14-7-3-8-15-25)26-16-9-4-10-17-26/h2-22,31H,1H3,(H,33,34). The van der Waals surface area contributed by atoms with Crippen molar-refractivity contribution in [1.29, 1.82) is 0 Å². The number of nitrogens with zero attached hydrogens (tertiary/aromatic N) is 1. The SMILES string of the molecule is Cc1[nH]cnc1C(Oc1cccc2c1C=CS2(=O)=O)C(c1ccccc1)(c1ccccc1)c1ccccc1. The van der Waals surface area contributed by atoms with Crippen molar-refractivity contribution in [1.82, 2.24) is 9.97 Å². The molecule has 1 N–H and O–H groups in total. The Hall–Kier alpha value is -4.42. The van der Waals surface area contributed by atoms with Crippen LogP contribution >= 0.6 is 0 Å². The number of rotatable bonds is 7. The molecular weight excluding hydrogens is 492 g/mol. The Labute approximate surface area is 222 Å². The molecule has 1 atom stereocenters. The molecule has 0 bridgehead atoms. The molecule has 6 heteroatoms. The molecule has 1 aromatic heterocycles. The molecular formula is C32H26N2O3S. The lowest BCUT2D eigenvalue weighted by Gasteiger charge is -2.42. The number of nitrogens with one attached hydrogen (secondary N) is 1. The van der Waals surface area contributed by atoms with E-state index in [4.69, 9.17) is 9.72 Å². The molecule has 0 saturated carbocycles. The van der Waals surface area contributed by atoms with E-state index in [9.17, 15) is 8.42 Å². The third-order valence-electron chi connectivity index (χ3n) is 7.19. The van der Waals surface area contributed by atoms with E-state index < -0.39 is 21.4 Å². The highest BCUT2D eigenvalue weighted by Crippen LogP contribution is 2.51. The van der Waals surface area contributed by atoms with E-state index in [0.717, 1.165) is 28.1 Å². The number of sulfone groups is 1. The second kappa shape index (κ2) is 9.47. The second-order valence-corrected chi connectivity index (χ2v) is 11.1. The molecule has 5 aromatic rings. The summed E-state index contributed by atoms with van der Waals surface area (Å²) < 4.78 is 32.4. The van der Waals surface area contributed by atoms with E-state index in [1.807, 2.05) is 67.6 Å². The molecule has 4 aromatic carbocycles. The summed E-state index contributed by atoms with van der Waals surface area (Å²) in [5.74, 6) is 0.486. The van der Waals surface area contributed by atoms with Gasteiger partial charge in [-0.25, -0.2) is 13.4 Å². The van der Waals surface area contributed by atoms with Gasteiger partial charge in [-0.3, -0.25) is 0 Å². The molecule has 0 amide bonds. The van der Waals surface area contributed by atoms with Crippen molar-refractivity contribution in [2.24, 2.45) is 0 Å². The number of aromatic nitrogens is 2.